The normalized spacial score (nSPS) is 13.4. The van der Waals surface area contributed by atoms with Crippen molar-refractivity contribution in [3.8, 4) is 11.5 Å². The molecule has 0 bridgehead atoms. The minimum absolute atomic E-state index is 0.0486. The molecule has 0 aliphatic carbocycles. The van der Waals surface area contributed by atoms with E-state index in [0.717, 1.165) is 18.7 Å². The molecule has 3 aromatic rings. The molecule has 1 aliphatic heterocycles. The van der Waals surface area contributed by atoms with Crippen LogP contribution in [0.4, 0.5) is 5.69 Å². The molecule has 6 heteroatoms. The van der Waals surface area contributed by atoms with Crippen molar-refractivity contribution in [2.24, 2.45) is 5.73 Å². The molecule has 1 saturated heterocycles. The van der Waals surface area contributed by atoms with E-state index < -0.39 is 5.91 Å². The monoisotopic (exact) mass is 443 g/mol. The zero-order valence-electron chi connectivity index (χ0n) is 18.9. The first-order chi connectivity index (χ1) is 16.0. The maximum Gasteiger partial charge on any atom is 0.253 e. The van der Waals surface area contributed by atoms with E-state index in [1.165, 1.54) is 24.9 Å². The fourth-order valence-electron chi connectivity index (χ4n) is 4.02. The van der Waals surface area contributed by atoms with Crippen molar-refractivity contribution in [2.75, 3.05) is 25.0 Å². The Hall–Kier alpha value is -3.80. The van der Waals surface area contributed by atoms with Gasteiger partial charge in [0.2, 0.25) is 5.91 Å². The average Bonchev–Trinajstić information content (AvgIpc) is 2.85. The summed E-state index contributed by atoms with van der Waals surface area (Å²) in [6.07, 6.45) is 3.83. The van der Waals surface area contributed by atoms with E-state index in [0.29, 0.717) is 29.2 Å². The molecule has 2 amide bonds. The van der Waals surface area contributed by atoms with Gasteiger partial charge in [-0.25, -0.2) is 0 Å². The molecular formula is C27H29N3O3. The Labute approximate surface area is 194 Å². The largest absolute Gasteiger partial charge is 0.457 e. The van der Waals surface area contributed by atoms with Gasteiger partial charge in [-0.1, -0.05) is 12.1 Å². The number of anilines is 1. The van der Waals surface area contributed by atoms with Crippen LogP contribution in [-0.4, -0.2) is 36.9 Å². The van der Waals surface area contributed by atoms with Gasteiger partial charge in [0.15, 0.2) is 0 Å². The summed E-state index contributed by atoms with van der Waals surface area (Å²) in [6.45, 7) is 2.79. The smallest absolute Gasteiger partial charge is 0.253 e. The van der Waals surface area contributed by atoms with Crippen molar-refractivity contribution in [1.82, 2.24) is 4.90 Å². The van der Waals surface area contributed by atoms with E-state index in [2.05, 4.69) is 29.2 Å². The maximum absolute atomic E-state index is 12.9. The molecule has 0 unspecified atom stereocenters. The molecular weight excluding hydrogens is 414 g/mol. The molecule has 0 spiro atoms. The van der Waals surface area contributed by atoms with Crippen LogP contribution in [0.1, 0.15) is 45.5 Å². The van der Waals surface area contributed by atoms with Crippen LogP contribution >= 0.6 is 0 Å². The van der Waals surface area contributed by atoms with Gasteiger partial charge >= 0.3 is 0 Å². The summed E-state index contributed by atoms with van der Waals surface area (Å²) in [4.78, 5) is 28.2. The molecule has 2 N–H and O–H groups in total. The van der Waals surface area contributed by atoms with E-state index in [9.17, 15) is 9.59 Å². The van der Waals surface area contributed by atoms with E-state index in [4.69, 9.17) is 10.5 Å². The van der Waals surface area contributed by atoms with Crippen molar-refractivity contribution in [2.45, 2.75) is 25.8 Å². The highest BCUT2D eigenvalue weighted by Gasteiger charge is 2.14. The van der Waals surface area contributed by atoms with E-state index in [1.807, 2.05) is 7.05 Å². The van der Waals surface area contributed by atoms with Gasteiger partial charge in [-0.3, -0.25) is 9.59 Å². The van der Waals surface area contributed by atoms with E-state index in [-0.39, 0.29) is 5.91 Å². The van der Waals surface area contributed by atoms with Gasteiger partial charge in [-0.05, 0) is 85.5 Å². The lowest BCUT2D eigenvalue weighted by Crippen LogP contribution is -2.29. The highest BCUT2D eigenvalue weighted by atomic mass is 16.5. The van der Waals surface area contributed by atoms with Gasteiger partial charge in [0.25, 0.3) is 5.91 Å². The molecule has 6 nitrogen and oxygen atoms in total. The van der Waals surface area contributed by atoms with Crippen LogP contribution in [-0.2, 0) is 6.54 Å². The first-order valence-electron chi connectivity index (χ1n) is 11.3. The summed E-state index contributed by atoms with van der Waals surface area (Å²) in [5.74, 6) is 0.664. The number of carbonyl (C=O) groups excluding carboxylic acids is 2. The van der Waals surface area contributed by atoms with Crippen LogP contribution in [0, 0.1) is 0 Å². The fraction of sp³-hybridized carbons (Fsp3) is 0.259. The molecule has 170 valence electrons. The predicted octanol–water partition coefficient (Wildman–Crippen LogP) is 4.84. The Morgan fingerprint density at radius 2 is 1.36 bits per heavy atom. The quantitative estimate of drug-likeness (QED) is 0.567. The first kappa shape index (κ1) is 22.4. The van der Waals surface area contributed by atoms with Crippen LogP contribution in [0.25, 0.3) is 0 Å². The predicted molar refractivity (Wildman–Crippen MR) is 130 cm³/mol. The number of hydrogen-bond acceptors (Lipinski definition) is 4. The van der Waals surface area contributed by atoms with Gasteiger partial charge in [0, 0.05) is 43.5 Å². The lowest BCUT2D eigenvalue weighted by Gasteiger charge is -2.29. The van der Waals surface area contributed by atoms with Crippen LogP contribution in [0.2, 0.25) is 0 Å². The van der Waals surface area contributed by atoms with Crippen LogP contribution in [0.5, 0.6) is 11.5 Å². The first-order valence-corrected chi connectivity index (χ1v) is 11.3. The van der Waals surface area contributed by atoms with Crippen molar-refractivity contribution in [3.63, 3.8) is 0 Å². The topological polar surface area (TPSA) is 75.9 Å². The minimum atomic E-state index is -0.480. The third-order valence-corrected chi connectivity index (χ3v) is 5.90. The number of primary amides is 1. The van der Waals surface area contributed by atoms with Crippen molar-refractivity contribution in [3.05, 3.63) is 89.5 Å². The molecule has 0 aromatic heterocycles. The molecule has 1 heterocycles. The highest BCUT2D eigenvalue weighted by molar-refractivity contribution is 5.94. The molecule has 33 heavy (non-hydrogen) atoms. The summed E-state index contributed by atoms with van der Waals surface area (Å²) >= 11 is 0. The second kappa shape index (κ2) is 10.2. The minimum Gasteiger partial charge on any atom is -0.457 e. The highest BCUT2D eigenvalue weighted by Crippen LogP contribution is 2.23. The number of ether oxygens (including phenoxy) is 1. The Morgan fingerprint density at radius 3 is 1.91 bits per heavy atom. The zero-order chi connectivity index (χ0) is 23.2. The van der Waals surface area contributed by atoms with Crippen LogP contribution in [0.3, 0.4) is 0 Å². The van der Waals surface area contributed by atoms with Gasteiger partial charge in [-0.15, -0.1) is 0 Å². The van der Waals surface area contributed by atoms with Gasteiger partial charge in [-0.2, -0.15) is 0 Å². The number of carbonyl (C=O) groups is 2. The second-order valence-electron chi connectivity index (χ2n) is 8.39. The Balaban J connectivity index is 1.34. The van der Waals surface area contributed by atoms with E-state index >= 15 is 0 Å². The molecule has 1 aliphatic rings. The van der Waals surface area contributed by atoms with E-state index in [1.54, 1.807) is 53.4 Å². The third kappa shape index (κ3) is 5.71. The number of piperidine rings is 1. The number of benzene rings is 3. The Bertz CT molecular complexity index is 1090. The second-order valence-corrected chi connectivity index (χ2v) is 8.39. The Kier molecular flexibility index (Phi) is 6.93. The summed E-state index contributed by atoms with van der Waals surface area (Å²) in [5.41, 5.74) is 8.63. The molecule has 0 radical (unpaired) electrons. The molecule has 0 saturated carbocycles. The maximum atomic E-state index is 12.9. The summed E-state index contributed by atoms with van der Waals surface area (Å²) in [7, 11) is 1.81. The number of amides is 2. The number of nitrogens with zero attached hydrogens (tertiary/aromatic N) is 2. The number of hydrogen-bond donors (Lipinski definition) is 1. The molecule has 4 rings (SSSR count). The fourth-order valence-corrected chi connectivity index (χ4v) is 4.02. The average molecular weight is 444 g/mol. The van der Waals surface area contributed by atoms with Crippen molar-refractivity contribution >= 4 is 17.5 Å². The van der Waals surface area contributed by atoms with Gasteiger partial charge < -0.3 is 20.3 Å². The molecule has 0 atom stereocenters. The van der Waals surface area contributed by atoms with Crippen molar-refractivity contribution < 1.29 is 14.3 Å². The lowest BCUT2D eigenvalue weighted by atomic mass is 10.1. The van der Waals surface area contributed by atoms with Crippen LogP contribution < -0.4 is 15.4 Å². The summed E-state index contributed by atoms with van der Waals surface area (Å²) in [6, 6.07) is 22.1. The Morgan fingerprint density at radius 1 is 0.818 bits per heavy atom. The number of nitrogens with two attached hydrogens (primary N) is 1. The van der Waals surface area contributed by atoms with Gasteiger partial charge in [0.1, 0.15) is 11.5 Å². The van der Waals surface area contributed by atoms with Crippen LogP contribution in [0.15, 0.2) is 72.8 Å². The molecule has 3 aromatic carbocycles. The zero-order valence-corrected chi connectivity index (χ0v) is 18.9. The summed E-state index contributed by atoms with van der Waals surface area (Å²) in [5, 5.41) is 0. The SMILES string of the molecule is CN(Cc1ccc(N2CCCCC2)cc1)C(=O)c1ccc(Oc2ccc(C(N)=O)cc2)cc1. The van der Waals surface area contributed by atoms with Crippen molar-refractivity contribution in [1.29, 1.82) is 0 Å². The standard InChI is InChI=1S/C27H29N3O3/c1-29(19-20-5-11-23(12-6-20)30-17-3-2-4-18-30)27(32)22-9-15-25(16-10-22)33-24-13-7-21(8-14-24)26(28)31/h5-16H,2-4,17-19H2,1H3,(H2,28,31). The molecule has 1 fully saturated rings. The number of rotatable bonds is 7. The third-order valence-electron chi connectivity index (χ3n) is 5.90. The summed E-state index contributed by atoms with van der Waals surface area (Å²) < 4.78 is 5.78. The lowest BCUT2D eigenvalue weighted by molar-refractivity contribution is 0.0785. The van der Waals surface area contributed by atoms with Gasteiger partial charge in [0.05, 0.1) is 0 Å².